The van der Waals surface area contributed by atoms with Crippen molar-refractivity contribution in [3.8, 4) is 0 Å². The lowest BCUT2D eigenvalue weighted by atomic mass is 10.3. The third-order valence-electron chi connectivity index (χ3n) is 2.12. The fourth-order valence-electron chi connectivity index (χ4n) is 1.70. The molecule has 4 nitrogen and oxygen atoms in total. The first-order valence-electron chi connectivity index (χ1n) is 4.67. The maximum absolute atomic E-state index is 11.5. The van der Waals surface area contributed by atoms with Crippen molar-refractivity contribution in [3.63, 3.8) is 0 Å². The molecule has 90 valence electrons. The van der Waals surface area contributed by atoms with Crippen molar-refractivity contribution in [2.75, 3.05) is 24.0 Å². The van der Waals surface area contributed by atoms with Crippen LogP contribution in [-0.4, -0.2) is 44.4 Å². The van der Waals surface area contributed by atoms with E-state index in [1.165, 1.54) is 0 Å². The Morgan fingerprint density at radius 2 is 1.27 bits per heavy atom. The second-order valence-corrected chi connectivity index (χ2v) is 10.6. The van der Waals surface area contributed by atoms with Gasteiger partial charge in [-0.2, -0.15) is 10.5 Å². The van der Waals surface area contributed by atoms with Crippen molar-refractivity contribution >= 4 is 33.7 Å². The Hall–Kier alpha value is 0.120. The predicted molar refractivity (Wildman–Crippen MR) is 65.9 cm³/mol. The third-order valence-corrected chi connectivity index (χ3v) is 10.4. The van der Waals surface area contributed by atoms with Gasteiger partial charge in [-0.05, 0) is 24.3 Å². The van der Waals surface area contributed by atoms with Crippen LogP contribution in [0.5, 0.6) is 0 Å². The highest BCUT2D eigenvalue weighted by Gasteiger charge is 2.27. The molecule has 0 amide bonds. The van der Waals surface area contributed by atoms with Gasteiger partial charge in [-0.15, -0.1) is 0 Å². The van der Waals surface area contributed by atoms with Gasteiger partial charge in [0.15, 0.2) is 23.2 Å². The van der Waals surface area contributed by atoms with E-state index in [0.29, 0.717) is 11.5 Å². The second-order valence-electron chi connectivity index (χ2n) is 3.76. The van der Waals surface area contributed by atoms with Gasteiger partial charge in [0.05, 0.1) is 0 Å². The Morgan fingerprint density at radius 1 is 0.867 bits per heavy atom. The van der Waals surface area contributed by atoms with E-state index in [9.17, 15) is 16.8 Å². The highest BCUT2D eigenvalue weighted by Crippen LogP contribution is 2.28. The summed E-state index contributed by atoms with van der Waals surface area (Å²) in [6.45, 7) is 0. The first kappa shape index (κ1) is 13.2. The zero-order valence-electron chi connectivity index (χ0n) is 8.89. The average molecular weight is 272 g/mol. The van der Waals surface area contributed by atoms with Gasteiger partial charge in [0.25, 0.3) is 0 Å². The molecule has 0 aliphatic carbocycles. The van der Waals surface area contributed by atoms with Crippen LogP contribution < -0.4 is 0 Å². The fraction of sp³-hybridized carbons (Fsp3) is 0.875. The van der Waals surface area contributed by atoms with E-state index in [4.69, 9.17) is 0 Å². The smallest absolute Gasteiger partial charge is 0.191 e. The summed E-state index contributed by atoms with van der Waals surface area (Å²) in [6.07, 6.45) is 4.91. The molecule has 1 aliphatic rings. The van der Waals surface area contributed by atoms with Crippen LogP contribution in [0.1, 0.15) is 19.3 Å². The molecule has 0 aromatic carbocycles. The molecule has 0 radical (unpaired) electrons. The monoisotopic (exact) mass is 272 g/mol. The molecular formula is C8H16O4S3. The minimum absolute atomic E-state index is 0.227. The van der Waals surface area contributed by atoms with Gasteiger partial charge >= 0.3 is 0 Å². The highest BCUT2D eigenvalue weighted by atomic mass is 32.3. The van der Waals surface area contributed by atoms with E-state index < -0.39 is 30.2 Å². The van der Waals surface area contributed by atoms with E-state index in [0.717, 1.165) is 31.8 Å². The SMILES string of the molecule is CS(=O)(=O)C(=S1CCCCC1)S(C)(=O)=O. The molecule has 0 N–H and O–H groups in total. The number of rotatable bonds is 0. The Balaban J connectivity index is 3.35. The molecule has 1 rings (SSSR count). The Kier molecular flexibility index (Phi) is 4.00. The maximum Gasteiger partial charge on any atom is 0.191 e. The van der Waals surface area contributed by atoms with E-state index >= 15 is 0 Å². The molecule has 7 heteroatoms. The van der Waals surface area contributed by atoms with E-state index in [1.54, 1.807) is 0 Å². The highest BCUT2D eigenvalue weighted by molar-refractivity contribution is 8.47. The molecule has 0 atom stereocenters. The van der Waals surface area contributed by atoms with Gasteiger partial charge < -0.3 is 0 Å². The fourth-order valence-corrected chi connectivity index (χ4v) is 9.97. The number of sulfone groups is 2. The molecule has 0 unspecified atom stereocenters. The summed E-state index contributed by atoms with van der Waals surface area (Å²) >= 11 is 0. The van der Waals surface area contributed by atoms with Crippen LogP contribution in [0.2, 0.25) is 0 Å². The number of hydrogen-bond donors (Lipinski definition) is 0. The summed E-state index contributed by atoms with van der Waals surface area (Å²) in [4.78, 5) is 0. The van der Waals surface area contributed by atoms with Gasteiger partial charge in [0.2, 0.25) is 0 Å². The van der Waals surface area contributed by atoms with Crippen molar-refractivity contribution in [1.29, 1.82) is 0 Å². The predicted octanol–water partition coefficient (Wildman–Crippen LogP) is 0.616. The summed E-state index contributed by atoms with van der Waals surface area (Å²) in [7, 11) is -7.74. The molecule has 0 aromatic heterocycles. The standard InChI is InChI=1S/C8H16O4S3/c1-14(9,10)8(15(2,11)12)13-6-4-3-5-7-13/h3-7H2,1-2H3. The zero-order valence-corrected chi connectivity index (χ0v) is 11.3. The molecule has 1 saturated heterocycles. The first-order valence-corrected chi connectivity index (χ1v) is 10.0. The topological polar surface area (TPSA) is 68.3 Å². The van der Waals surface area contributed by atoms with Gasteiger partial charge in [0.1, 0.15) is 0 Å². The largest absolute Gasteiger partial charge is 0.223 e. The van der Waals surface area contributed by atoms with Gasteiger partial charge in [-0.1, -0.05) is 6.42 Å². The molecule has 0 saturated carbocycles. The van der Waals surface area contributed by atoms with Crippen molar-refractivity contribution in [3.05, 3.63) is 0 Å². The quantitative estimate of drug-likeness (QED) is 0.606. The van der Waals surface area contributed by atoms with Crippen LogP contribution in [-0.2, 0) is 19.7 Å². The average Bonchev–Trinajstić information content (AvgIpc) is 2.00. The summed E-state index contributed by atoms with van der Waals surface area (Å²) in [5, 5.41) is 0. The Bertz CT molecular complexity index is 428. The molecule has 1 fully saturated rings. The first-order chi connectivity index (χ1) is 6.73. The van der Waals surface area contributed by atoms with Gasteiger partial charge in [-0.3, -0.25) is 0 Å². The summed E-state index contributed by atoms with van der Waals surface area (Å²) < 4.78 is 45.6. The van der Waals surface area contributed by atoms with Crippen molar-refractivity contribution in [2.45, 2.75) is 19.3 Å². The van der Waals surface area contributed by atoms with E-state index in [2.05, 4.69) is 0 Å². The Labute approximate surface area is 93.8 Å². The van der Waals surface area contributed by atoms with Crippen molar-refractivity contribution in [1.82, 2.24) is 0 Å². The van der Waals surface area contributed by atoms with Crippen LogP contribution in [0.15, 0.2) is 0 Å². The lowest BCUT2D eigenvalue weighted by Gasteiger charge is -2.18. The molecule has 15 heavy (non-hydrogen) atoms. The minimum atomic E-state index is -3.58. The molecule has 1 aliphatic heterocycles. The van der Waals surface area contributed by atoms with Crippen LogP contribution in [0.4, 0.5) is 0 Å². The molecule has 1 heterocycles. The maximum atomic E-state index is 11.5. The van der Waals surface area contributed by atoms with Gasteiger partial charge in [-0.25, -0.2) is 16.8 Å². The molecule has 0 spiro atoms. The summed E-state index contributed by atoms with van der Waals surface area (Å²) in [6, 6.07) is 0. The lowest BCUT2D eigenvalue weighted by molar-refractivity contribution is 0.609. The molecule has 0 bridgehead atoms. The zero-order chi connectivity index (χ0) is 11.7. The minimum Gasteiger partial charge on any atom is -0.223 e. The molecule has 0 aromatic rings. The van der Waals surface area contributed by atoms with Gasteiger partial charge in [0, 0.05) is 12.5 Å². The van der Waals surface area contributed by atoms with E-state index in [1.807, 2.05) is 0 Å². The normalized spacial score (nSPS) is 20.1. The van der Waals surface area contributed by atoms with Crippen LogP contribution in [0, 0.1) is 0 Å². The van der Waals surface area contributed by atoms with E-state index in [-0.39, 0.29) is 3.53 Å². The van der Waals surface area contributed by atoms with Crippen molar-refractivity contribution in [2.24, 2.45) is 0 Å². The molecular weight excluding hydrogens is 256 g/mol. The second kappa shape index (κ2) is 4.55. The van der Waals surface area contributed by atoms with Crippen LogP contribution in [0.25, 0.3) is 0 Å². The summed E-state index contributed by atoms with van der Waals surface area (Å²) in [5.41, 5.74) is 0. The Morgan fingerprint density at radius 3 is 1.60 bits per heavy atom. The third kappa shape index (κ3) is 3.57. The lowest BCUT2D eigenvalue weighted by Crippen LogP contribution is -2.24. The van der Waals surface area contributed by atoms with Crippen LogP contribution >= 0.6 is 10.5 Å². The number of hydrogen-bond acceptors (Lipinski definition) is 4. The summed E-state index contributed by atoms with van der Waals surface area (Å²) in [5.74, 6) is 1.41. The van der Waals surface area contributed by atoms with Crippen molar-refractivity contribution < 1.29 is 16.8 Å². The van der Waals surface area contributed by atoms with Crippen LogP contribution in [0.3, 0.4) is 0 Å².